The Balaban J connectivity index is 0.00000208. The number of nitro benzene ring substituents is 1. The minimum absolute atomic E-state index is 0. The first-order valence-corrected chi connectivity index (χ1v) is 7.45. The third-order valence-electron chi connectivity index (χ3n) is 3.52. The van der Waals surface area contributed by atoms with Crippen LogP contribution >= 0.6 is 0 Å². The molecule has 6 nitrogen and oxygen atoms in total. The van der Waals surface area contributed by atoms with Crippen LogP contribution in [0.2, 0.25) is 0 Å². The Hall–Kier alpha value is -1.80. The Morgan fingerprint density at radius 1 is 1.04 bits per heavy atom. The van der Waals surface area contributed by atoms with Gasteiger partial charge >= 0.3 is 29.6 Å². The van der Waals surface area contributed by atoms with Gasteiger partial charge in [-0.2, -0.15) is 5.10 Å². The fourth-order valence-corrected chi connectivity index (χ4v) is 2.54. The Morgan fingerprint density at radius 3 is 2.33 bits per heavy atom. The monoisotopic (exact) mass is 348 g/mol. The van der Waals surface area contributed by atoms with Gasteiger partial charge in [0.25, 0.3) is 5.69 Å². The van der Waals surface area contributed by atoms with E-state index in [4.69, 9.17) is 12.6 Å². The molecule has 0 aliphatic rings. The van der Waals surface area contributed by atoms with Gasteiger partial charge in [-0.1, -0.05) is 30.3 Å². The Morgan fingerprint density at radius 2 is 1.71 bits per heavy atom. The first kappa shape index (κ1) is 18.5. The third-order valence-corrected chi connectivity index (χ3v) is 3.82. The minimum Gasteiger partial charge on any atom is -0.740 e. The van der Waals surface area contributed by atoms with Crippen molar-refractivity contribution >= 4 is 18.3 Å². The number of benzene rings is 2. The van der Waals surface area contributed by atoms with Gasteiger partial charge in [0.2, 0.25) is 0 Å². The third kappa shape index (κ3) is 4.18. The fourth-order valence-electron chi connectivity index (χ4n) is 2.32. The molecule has 0 N–H and O–H groups in total. The normalized spacial score (nSPS) is 10.2. The van der Waals surface area contributed by atoms with E-state index < -0.39 is 4.92 Å². The van der Waals surface area contributed by atoms with E-state index in [0.717, 1.165) is 12.0 Å². The number of nitro groups is 1. The summed E-state index contributed by atoms with van der Waals surface area (Å²) in [5.41, 5.74) is 2.00. The zero-order valence-corrected chi connectivity index (χ0v) is 15.9. The molecule has 2 aromatic carbocycles. The summed E-state index contributed by atoms with van der Waals surface area (Å²) >= 11 is 5.24. The van der Waals surface area contributed by atoms with Crippen LogP contribution in [-0.4, -0.2) is 19.7 Å². The zero-order chi connectivity index (χ0) is 16.2. The van der Waals surface area contributed by atoms with Crippen molar-refractivity contribution < 1.29 is 34.5 Å². The number of hydrogen-bond acceptors (Lipinski definition) is 5. The van der Waals surface area contributed by atoms with E-state index in [9.17, 15) is 10.1 Å². The summed E-state index contributed by atoms with van der Waals surface area (Å²) in [6, 6.07) is 16.3. The van der Waals surface area contributed by atoms with Gasteiger partial charge in [0, 0.05) is 29.4 Å². The summed E-state index contributed by atoms with van der Waals surface area (Å²) in [6.45, 7) is 0.655. The number of aryl methyl sites for hydroxylation is 1. The average molecular weight is 348 g/mol. The predicted octanol–water partition coefficient (Wildman–Crippen LogP) is 0.00580. The van der Waals surface area contributed by atoms with E-state index in [0.29, 0.717) is 17.5 Å². The number of rotatable bonds is 5. The summed E-state index contributed by atoms with van der Waals surface area (Å²) < 4.78 is 1.85. The van der Waals surface area contributed by atoms with Crippen LogP contribution in [0.1, 0.15) is 5.56 Å². The molecule has 1 aromatic heterocycles. The first-order chi connectivity index (χ1) is 11.1. The Kier molecular flexibility index (Phi) is 6.44. The summed E-state index contributed by atoms with van der Waals surface area (Å²) in [6.07, 6.45) is 0.808. The standard InChI is InChI=1S/C16H14N4O2S.Na/c21-20(22)14-8-6-13(7-9-14)15-17-18-16(23)19(15)11-10-12-4-2-1-3-5-12;/h1-9H,10-11H2,(H,18,23);/q;+1/p-1. The van der Waals surface area contributed by atoms with E-state index in [1.54, 1.807) is 12.1 Å². The second-order valence-electron chi connectivity index (χ2n) is 5.00. The van der Waals surface area contributed by atoms with Gasteiger partial charge in [0.15, 0.2) is 5.82 Å². The maximum absolute atomic E-state index is 10.7. The number of non-ortho nitro benzene ring substituents is 1. The molecule has 116 valence electrons. The van der Waals surface area contributed by atoms with E-state index in [2.05, 4.69) is 22.3 Å². The molecule has 0 fully saturated rings. The van der Waals surface area contributed by atoms with Gasteiger partial charge in [-0.3, -0.25) is 10.1 Å². The van der Waals surface area contributed by atoms with Crippen LogP contribution in [0, 0.1) is 10.1 Å². The van der Waals surface area contributed by atoms with Crippen molar-refractivity contribution in [2.75, 3.05) is 0 Å². The first-order valence-electron chi connectivity index (χ1n) is 7.04. The smallest absolute Gasteiger partial charge is 0.740 e. The number of nitrogens with zero attached hydrogens (tertiary/aromatic N) is 4. The van der Waals surface area contributed by atoms with Crippen LogP contribution in [0.3, 0.4) is 0 Å². The summed E-state index contributed by atoms with van der Waals surface area (Å²) in [5.74, 6) is 0.626. The summed E-state index contributed by atoms with van der Waals surface area (Å²) in [7, 11) is 0. The number of aromatic nitrogens is 3. The van der Waals surface area contributed by atoms with E-state index in [1.165, 1.54) is 17.7 Å². The molecule has 0 atom stereocenters. The second kappa shape index (κ2) is 8.34. The molecule has 0 saturated carbocycles. The average Bonchev–Trinajstić information content (AvgIpc) is 2.95. The topological polar surface area (TPSA) is 73.8 Å². The van der Waals surface area contributed by atoms with Crippen LogP contribution in [-0.2, 0) is 25.6 Å². The van der Waals surface area contributed by atoms with Crippen molar-refractivity contribution in [3.05, 3.63) is 70.3 Å². The summed E-state index contributed by atoms with van der Waals surface area (Å²) in [5, 5.41) is 19.2. The molecule has 0 aliphatic carbocycles. The number of hydrogen-bond donors (Lipinski definition) is 0. The molecule has 0 spiro atoms. The molecule has 0 unspecified atom stereocenters. The molecule has 0 bridgehead atoms. The fraction of sp³-hybridized carbons (Fsp3) is 0.125. The molecular formula is C16H13N4NaO2S. The molecule has 3 aromatic rings. The molecule has 8 heteroatoms. The molecule has 0 saturated heterocycles. The van der Waals surface area contributed by atoms with Crippen LogP contribution in [0.5, 0.6) is 0 Å². The van der Waals surface area contributed by atoms with Crippen LogP contribution in [0.25, 0.3) is 11.4 Å². The van der Waals surface area contributed by atoms with Gasteiger partial charge in [-0.25, -0.2) is 0 Å². The van der Waals surface area contributed by atoms with E-state index in [-0.39, 0.29) is 35.2 Å². The second-order valence-corrected chi connectivity index (χ2v) is 5.36. The van der Waals surface area contributed by atoms with Crippen molar-refractivity contribution in [2.24, 2.45) is 0 Å². The van der Waals surface area contributed by atoms with Gasteiger partial charge in [0.1, 0.15) is 0 Å². The molecule has 0 amide bonds. The van der Waals surface area contributed by atoms with E-state index in [1.807, 2.05) is 22.8 Å². The van der Waals surface area contributed by atoms with Gasteiger partial charge < -0.3 is 17.2 Å². The van der Waals surface area contributed by atoms with Crippen LogP contribution < -0.4 is 29.6 Å². The van der Waals surface area contributed by atoms with Gasteiger partial charge in [0.05, 0.1) is 4.92 Å². The van der Waals surface area contributed by atoms with Gasteiger partial charge in [-0.05, 0) is 24.1 Å². The Labute approximate surface area is 166 Å². The molecule has 0 radical (unpaired) electrons. The SMILES string of the molecule is O=[N+]([O-])c1ccc(-c2nnc([S-])n2CCc2ccccc2)cc1.[Na+]. The minimum atomic E-state index is -0.428. The van der Waals surface area contributed by atoms with Crippen molar-refractivity contribution in [3.63, 3.8) is 0 Å². The maximum Gasteiger partial charge on any atom is 1.00 e. The molecule has 1 heterocycles. The zero-order valence-electron chi connectivity index (χ0n) is 13.1. The van der Waals surface area contributed by atoms with Crippen LogP contribution in [0.15, 0.2) is 59.8 Å². The quantitative estimate of drug-likeness (QED) is 0.281. The van der Waals surface area contributed by atoms with Crippen molar-refractivity contribution in [1.29, 1.82) is 0 Å². The molecule has 24 heavy (non-hydrogen) atoms. The van der Waals surface area contributed by atoms with Gasteiger partial charge in [-0.15, -0.1) is 5.10 Å². The predicted molar refractivity (Wildman–Crippen MR) is 87.9 cm³/mol. The Bertz CT molecular complexity index is 822. The molecular weight excluding hydrogens is 335 g/mol. The maximum atomic E-state index is 10.7. The molecule has 3 rings (SSSR count). The van der Waals surface area contributed by atoms with Crippen molar-refractivity contribution in [1.82, 2.24) is 14.8 Å². The van der Waals surface area contributed by atoms with Crippen molar-refractivity contribution in [3.8, 4) is 11.4 Å². The largest absolute Gasteiger partial charge is 1.00 e. The molecule has 0 aliphatic heterocycles. The van der Waals surface area contributed by atoms with E-state index >= 15 is 0 Å². The van der Waals surface area contributed by atoms with Crippen molar-refractivity contribution in [2.45, 2.75) is 18.1 Å². The summed E-state index contributed by atoms with van der Waals surface area (Å²) in [4.78, 5) is 10.3. The van der Waals surface area contributed by atoms with Crippen LogP contribution in [0.4, 0.5) is 5.69 Å².